The highest BCUT2D eigenvalue weighted by Crippen LogP contribution is 2.16. The molecule has 0 aromatic rings. The SMILES string of the molecule is CC#CC1CCN(CC(C)C)CC1. The molecule has 0 N–H and O–H groups in total. The summed E-state index contributed by atoms with van der Waals surface area (Å²) in [6, 6.07) is 0. The molecule has 1 heteroatoms. The molecule has 1 aliphatic rings. The molecule has 0 spiro atoms. The minimum atomic E-state index is 0.674. The predicted octanol–water partition coefficient (Wildman–Crippen LogP) is 2.38. The third kappa shape index (κ3) is 3.83. The van der Waals surface area contributed by atoms with E-state index in [1.54, 1.807) is 0 Å². The standard InChI is InChI=1S/C12H21N/c1-4-5-12-6-8-13(9-7-12)10-11(2)3/h11-12H,6-10H2,1-3H3. The van der Waals surface area contributed by atoms with E-state index in [4.69, 9.17) is 0 Å². The molecule has 1 nitrogen and oxygen atoms in total. The molecule has 1 heterocycles. The van der Waals surface area contributed by atoms with Gasteiger partial charge in [0.1, 0.15) is 0 Å². The van der Waals surface area contributed by atoms with E-state index in [2.05, 4.69) is 30.6 Å². The molecule has 0 aromatic heterocycles. The number of rotatable bonds is 2. The second-order valence-corrected chi connectivity index (χ2v) is 4.36. The van der Waals surface area contributed by atoms with Crippen molar-refractivity contribution in [2.75, 3.05) is 19.6 Å². The maximum absolute atomic E-state index is 3.28. The lowest BCUT2D eigenvalue weighted by molar-refractivity contribution is 0.187. The van der Waals surface area contributed by atoms with Gasteiger partial charge in [0.25, 0.3) is 0 Å². The van der Waals surface area contributed by atoms with Crippen molar-refractivity contribution < 1.29 is 0 Å². The lowest BCUT2D eigenvalue weighted by Crippen LogP contribution is -2.35. The van der Waals surface area contributed by atoms with Gasteiger partial charge < -0.3 is 4.90 Å². The molecule has 1 fully saturated rings. The Morgan fingerprint density at radius 1 is 1.31 bits per heavy atom. The third-order valence-corrected chi connectivity index (χ3v) is 2.56. The van der Waals surface area contributed by atoms with E-state index in [1.165, 1.54) is 32.5 Å². The molecule has 1 saturated heterocycles. The van der Waals surface area contributed by atoms with Gasteiger partial charge in [0, 0.05) is 12.5 Å². The van der Waals surface area contributed by atoms with Crippen LogP contribution in [0.5, 0.6) is 0 Å². The van der Waals surface area contributed by atoms with Gasteiger partial charge in [0.15, 0.2) is 0 Å². The van der Waals surface area contributed by atoms with E-state index in [-0.39, 0.29) is 0 Å². The van der Waals surface area contributed by atoms with E-state index < -0.39 is 0 Å². The summed E-state index contributed by atoms with van der Waals surface area (Å²) >= 11 is 0. The van der Waals surface area contributed by atoms with Crippen LogP contribution in [0.2, 0.25) is 0 Å². The molecule has 0 bridgehead atoms. The predicted molar refractivity (Wildman–Crippen MR) is 57.5 cm³/mol. The first-order valence-electron chi connectivity index (χ1n) is 5.37. The lowest BCUT2D eigenvalue weighted by atomic mass is 9.97. The summed E-state index contributed by atoms with van der Waals surface area (Å²) in [5.41, 5.74) is 0. The van der Waals surface area contributed by atoms with E-state index in [0.29, 0.717) is 5.92 Å². The van der Waals surface area contributed by atoms with Gasteiger partial charge >= 0.3 is 0 Å². The molecular formula is C12H21N. The smallest absolute Gasteiger partial charge is 0.0227 e. The summed E-state index contributed by atoms with van der Waals surface area (Å²) in [4.78, 5) is 2.57. The van der Waals surface area contributed by atoms with Gasteiger partial charge in [-0.1, -0.05) is 13.8 Å². The second-order valence-electron chi connectivity index (χ2n) is 4.36. The van der Waals surface area contributed by atoms with Crippen LogP contribution in [0.3, 0.4) is 0 Å². The van der Waals surface area contributed by atoms with Crippen LogP contribution in [0.1, 0.15) is 33.6 Å². The van der Waals surface area contributed by atoms with Crippen molar-refractivity contribution in [3.05, 3.63) is 0 Å². The fourth-order valence-corrected chi connectivity index (χ4v) is 1.98. The highest BCUT2D eigenvalue weighted by Gasteiger charge is 2.17. The van der Waals surface area contributed by atoms with Crippen LogP contribution < -0.4 is 0 Å². The molecule has 0 unspecified atom stereocenters. The molecule has 13 heavy (non-hydrogen) atoms. The Balaban J connectivity index is 2.25. The summed E-state index contributed by atoms with van der Waals surface area (Å²) in [5.74, 6) is 7.78. The van der Waals surface area contributed by atoms with Crippen molar-refractivity contribution in [3.63, 3.8) is 0 Å². The number of hydrogen-bond donors (Lipinski definition) is 0. The van der Waals surface area contributed by atoms with Crippen molar-refractivity contribution in [1.82, 2.24) is 4.90 Å². The Morgan fingerprint density at radius 3 is 2.38 bits per heavy atom. The minimum Gasteiger partial charge on any atom is -0.303 e. The summed E-state index contributed by atoms with van der Waals surface area (Å²) in [5, 5.41) is 0. The minimum absolute atomic E-state index is 0.674. The average molecular weight is 179 g/mol. The van der Waals surface area contributed by atoms with E-state index in [9.17, 15) is 0 Å². The largest absolute Gasteiger partial charge is 0.303 e. The number of piperidine rings is 1. The van der Waals surface area contributed by atoms with Gasteiger partial charge in [-0.2, -0.15) is 0 Å². The number of nitrogens with zero attached hydrogens (tertiary/aromatic N) is 1. The van der Waals surface area contributed by atoms with Crippen LogP contribution in [-0.4, -0.2) is 24.5 Å². The molecule has 1 rings (SSSR count). The average Bonchev–Trinajstić information content (AvgIpc) is 2.08. The summed E-state index contributed by atoms with van der Waals surface area (Å²) < 4.78 is 0. The van der Waals surface area contributed by atoms with E-state index in [1.807, 2.05) is 6.92 Å². The molecule has 74 valence electrons. The van der Waals surface area contributed by atoms with Gasteiger partial charge in [-0.05, 0) is 38.8 Å². The van der Waals surface area contributed by atoms with Gasteiger partial charge in [-0.3, -0.25) is 0 Å². The molecule has 0 atom stereocenters. The van der Waals surface area contributed by atoms with Gasteiger partial charge in [0.2, 0.25) is 0 Å². The quantitative estimate of drug-likeness (QED) is 0.588. The summed E-state index contributed by atoms with van der Waals surface area (Å²) in [6.07, 6.45) is 2.54. The summed E-state index contributed by atoms with van der Waals surface area (Å²) in [6.45, 7) is 10.3. The van der Waals surface area contributed by atoms with Crippen LogP contribution >= 0.6 is 0 Å². The molecule has 0 amide bonds. The maximum atomic E-state index is 3.28. The third-order valence-electron chi connectivity index (χ3n) is 2.56. The van der Waals surface area contributed by atoms with Crippen LogP contribution in [-0.2, 0) is 0 Å². The molecule has 0 saturated carbocycles. The molecular weight excluding hydrogens is 158 g/mol. The lowest BCUT2D eigenvalue weighted by Gasteiger charge is -2.30. The zero-order chi connectivity index (χ0) is 9.68. The van der Waals surface area contributed by atoms with Gasteiger partial charge in [-0.15, -0.1) is 11.8 Å². The van der Waals surface area contributed by atoms with Crippen LogP contribution in [0.15, 0.2) is 0 Å². The van der Waals surface area contributed by atoms with Gasteiger partial charge in [0.05, 0.1) is 0 Å². The van der Waals surface area contributed by atoms with Crippen LogP contribution in [0.4, 0.5) is 0 Å². The first kappa shape index (κ1) is 10.6. The second kappa shape index (κ2) is 5.29. The monoisotopic (exact) mass is 179 g/mol. The molecule has 0 radical (unpaired) electrons. The molecule has 0 aromatic carbocycles. The van der Waals surface area contributed by atoms with Crippen LogP contribution in [0, 0.1) is 23.7 Å². The summed E-state index contributed by atoms with van der Waals surface area (Å²) in [7, 11) is 0. The topological polar surface area (TPSA) is 3.24 Å². The Bertz CT molecular complexity index is 189. The molecule has 1 aliphatic heterocycles. The van der Waals surface area contributed by atoms with Crippen molar-refractivity contribution >= 4 is 0 Å². The zero-order valence-electron chi connectivity index (χ0n) is 9.14. The van der Waals surface area contributed by atoms with Gasteiger partial charge in [-0.25, -0.2) is 0 Å². The Morgan fingerprint density at radius 2 is 1.92 bits per heavy atom. The Kier molecular flexibility index (Phi) is 4.32. The van der Waals surface area contributed by atoms with Crippen molar-refractivity contribution in [2.24, 2.45) is 11.8 Å². The van der Waals surface area contributed by atoms with Crippen molar-refractivity contribution in [1.29, 1.82) is 0 Å². The number of hydrogen-bond acceptors (Lipinski definition) is 1. The number of likely N-dealkylation sites (tertiary alicyclic amines) is 1. The normalized spacial score (nSPS) is 20.0. The maximum Gasteiger partial charge on any atom is 0.0227 e. The van der Waals surface area contributed by atoms with Crippen molar-refractivity contribution in [3.8, 4) is 11.8 Å². The Labute approximate surface area is 82.5 Å². The van der Waals surface area contributed by atoms with E-state index in [0.717, 1.165) is 5.92 Å². The fraction of sp³-hybridized carbons (Fsp3) is 0.833. The first-order chi connectivity index (χ1) is 6.22. The molecule has 0 aliphatic carbocycles. The van der Waals surface area contributed by atoms with E-state index >= 15 is 0 Å². The fourth-order valence-electron chi connectivity index (χ4n) is 1.98. The Hall–Kier alpha value is -0.480. The zero-order valence-corrected chi connectivity index (χ0v) is 9.14. The highest BCUT2D eigenvalue weighted by molar-refractivity contribution is 5.02. The highest BCUT2D eigenvalue weighted by atomic mass is 15.1. The van der Waals surface area contributed by atoms with Crippen molar-refractivity contribution in [2.45, 2.75) is 33.6 Å². The van der Waals surface area contributed by atoms with Crippen LogP contribution in [0.25, 0.3) is 0 Å². The first-order valence-corrected chi connectivity index (χ1v) is 5.37.